The number of hydrogen-bond acceptors (Lipinski definition) is 3. The van der Waals surface area contributed by atoms with Crippen molar-refractivity contribution < 1.29 is 9.52 Å². The van der Waals surface area contributed by atoms with Crippen LogP contribution in [0.25, 0.3) is 0 Å². The molecule has 0 radical (unpaired) electrons. The number of aryl methyl sites for hydroxylation is 1. The summed E-state index contributed by atoms with van der Waals surface area (Å²) < 4.78 is 5.78. The van der Waals surface area contributed by atoms with Crippen molar-refractivity contribution >= 4 is 0 Å². The molecule has 1 fully saturated rings. The molecule has 0 spiro atoms. The van der Waals surface area contributed by atoms with Gasteiger partial charge in [0.15, 0.2) is 0 Å². The molecular weight excluding hydrogens is 226 g/mol. The predicted octanol–water partition coefficient (Wildman–Crippen LogP) is 3.04. The molecule has 0 amide bonds. The van der Waals surface area contributed by atoms with Crippen LogP contribution in [0.4, 0.5) is 0 Å². The third-order valence-electron chi connectivity index (χ3n) is 4.35. The normalized spacial score (nSPS) is 29.7. The highest BCUT2D eigenvalue weighted by Crippen LogP contribution is 2.38. The summed E-state index contributed by atoms with van der Waals surface area (Å²) in [5.74, 6) is 2.04. The maximum Gasteiger partial charge on any atom is 0.120 e. The van der Waals surface area contributed by atoms with Gasteiger partial charge < -0.3 is 14.8 Å². The zero-order chi connectivity index (χ0) is 13.2. The molecule has 1 saturated carbocycles. The van der Waals surface area contributed by atoms with Crippen molar-refractivity contribution in [2.75, 3.05) is 6.61 Å². The van der Waals surface area contributed by atoms with E-state index in [1.807, 2.05) is 6.07 Å². The topological polar surface area (TPSA) is 45.4 Å². The van der Waals surface area contributed by atoms with Crippen LogP contribution in [0.1, 0.15) is 57.6 Å². The standard InChI is InChI=1S/C15H25NO2/c1-4-12-7-8-13(18-12)11(2)16-14-6-5-9-15(14,3)10-17/h7-8,11,14,16-17H,4-6,9-10H2,1-3H3. The van der Waals surface area contributed by atoms with E-state index in [0.717, 1.165) is 30.8 Å². The lowest BCUT2D eigenvalue weighted by atomic mass is 9.85. The average Bonchev–Trinajstić information content (AvgIpc) is 2.97. The minimum Gasteiger partial charge on any atom is -0.464 e. The zero-order valence-electron chi connectivity index (χ0n) is 11.7. The van der Waals surface area contributed by atoms with Crippen molar-refractivity contribution in [3.8, 4) is 0 Å². The van der Waals surface area contributed by atoms with E-state index in [1.165, 1.54) is 6.42 Å². The lowest BCUT2D eigenvalue weighted by Gasteiger charge is -2.32. The molecule has 0 bridgehead atoms. The summed E-state index contributed by atoms with van der Waals surface area (Å²) in [4.78, 5) is 0. The summed E-state index contributed by atoms with van der Waals surface area (Å²) in [5, 5.41) is 13.2. The van der Waals surface area contributed by atoms with Crippen LogP contribution >= 0.6 is 0 Å². The second-order valence-electron chi connectivity index (χ2n) is 5.80. The summed E-state index contributed by atoms with van der Waals surface area (Å²) in [6, 6.07) is 4.70. The van der Waals surface area contributed by atoms with Gasteiger partial charge in [0.2, 0.25) is 0 Å². The average molecular weight is 251 g/mol. The van der Waals surface area contributed by atoms with Gasteiger partial charge in [0.1, 0.15) is 11.5 Å². The molecule has 1 aliphatic carbocycles. The minimum absolute atomic E-state index is 0.0223. The number of hydrogen-bond donors (Lipinski definition) is 2. The van der Waals surface area contributed by atoms with E-state index in [9.17, 15) is 5.11 Å². The van der Waals surface area contributed by atoms with Crippen molar-refractivity contribution in [2.24, 2.45) is 5.41 Å². The predicted molar refractivity (Wildman–Crippen MR) is 72.5 cm³/mol. The molecule has 2 rings (SSSR count). The first-order valence-electron chi connectivity index (χ1n) is 7.04. The SMILES string of the molecule is CCc1ccc(C(C)NC2CCCC2(C)CO)o1. The van der Waals surface area contributed by atoms with Crippen molar-refractivity contribution in [3.63, 3.8) is 0 Å². The van der Waals surface area contributed by atoms with Crippen molar-refractivity contribution in [3.05, 3.63) is 23.7 Å². The van der Waals surface area contributed by atoms with E-state index in [0.29, 0.717) is 6.04 Å². The fourth-order valence-corrected chi connectivity index (χ4v) is 2.91. The van der Waals surface area contributed by atoms with E-state index in [4.69, 9.17) is 4.42 Å². The Bertz CT molecular complexity index is 388. The first kappa shape index (κ1) is 13.6. The first-order chi connectivity index (χ1) is 8.59. The largest absolute Gasteiger partial charge is 0.464 e. The lowest BCUT2D eigenvalue weighted by Crippen LogP contribution is -2.42. The lowest BCUT2D eigenvalue weighted by molar-refractivity contribution is 0.113. The van der Waals surface area contributed by atoms with Crippen LogP contribution < -0.4 is 5.32 Å². The van der Waals surface area contributed by atoms with Gasteiger partial charge in [0.25, 0.3) is 0 Å². The third kappa shape index (κ3) is 2.62. The summed E-state index contributed by atoms with van der Waals surface area (Å²) in [5.41, 5.74) is 0.0223. The van der Waals surface area contributed by atoms with Crippen LogP contribution in [-0.4, -0.2) is 17.8 Å². The summed E-state index contributed by atoms with van der Waals surface area (Å²) >= 11 is 0. The molecule has 18 heavy (non-hydrogen) atoms. The second kappa shape index (κ2) is 5.45. The molecule has 3 atom stereocenters. The Morgan fingerprint density at radius 1 is 1.56 bits per heavy atom. The zero-order valence-corrected chi connectivity index (χ0v) is 11.7. The van der Waals surface area contributed by atoms with Crippen LogP contribution in [-0.2, 0) is 6.42 Å². The van der Waals surface area contributed by atoms with E-state index < -0.39 is 0 Å². The molecule has 3 nitrogen and oxygen atoms in total. The third-order valence-corrected chi connectivity index (χ3v) is 4.35. The highest BCUT2D eigenvalue weighted by Gasteiger charge is 2.38. The molecule has 3 unspecified atom stereocenters. The molecule has 1 aromatic rings. The molecule has 3 heteroatoms. The number of aliphatic hydroxyl groups is 1. The number of furan rings is 1. The fourth-order valence-electron chi connectivity index (χ4n) is 2.91. The highest BCUT2D eigenvalue weighted by molar-refractivity contribution is 5.11. The van der Waals surface area contributed by atoms with Crippen LogP contribution in [0, 0.1) is 5.41 Å². The molecule has 0 saturated heterocycles. The molecular formula is C15H25NO2. The van der Waals surface area contributed by atoms with Gasteiger partial charge in [-0.15, -0.1) is 0 Å². The van der Waals surface area contributed by atoms with Crippen molar-refractivity contribution in [1.29, 1.82) is 0 Å². The van der Waals surface area contributed by atoms with Gasteiger partial charge in [-0.05, 0) is 31.9 Å². The fraction of sp³-hybridized carbons (Fsp3) is 0.733. The minimum atomic E-state index is 0.0223. The monoisotopic (exact) mass is 251 g/mol. The molecule has 0 aromatic carbocycles. The quantitative estimate of drug-likeness (QED) is 0.845. The highest BCUT2D eigenvalue weighted by atomic mass is 16.3. The Labute approximate surface area is 110 Å². The van der Waals surface area contributed by atoms with E-state index in [-0.39, 0.29) is 18.1 Å². The molecule has 1 aromatic heterocycles. The van der Waals surface area contributed by atoms with Gasteiger partial charge in [-0.3, -0.25) is 0 Å². The molecule has 102 valence electrons. The molecule has 2 N–H and O–H groups in total. The van der Waals surface area contributed by atoms with Gasteiger partial charge in [0, 0.05) is 24.5 Å². The Balaban J connectivity index is 2.00. The number of nitrogens with one attached hydrogen (secondary N) is 1. The maximum absolute atomic E-state index is 9.56. The maximum atomic E-state index is 9.56. The van der Waals surface area contributed by atoms with Crippen LogP contribution in [0.2, 0.25) is 0 Å². The van der Waals surface area contributed by atoms with Crippen molar-refractivity contribution in [2.45, 2.75) is 58.5 Å². The van der Waals surface area contributed by atoms with E-state index in [2.05, 4.69) is 32.2 Å². The second-order valence-corrected chi connectivity index (χ2v) is 5.80. The Morgan fingerprint density at radius 2 is 2.33 bits per heavy atom. The van der Waals surface area contributed by atoms with Gasteiger partial charge in [-0.2, -0.15) is 0 Å². The molecule has 0 aliphatic heterocycles. The van der Waals surface area contributed by atoms with Crippen LogP contribution in [0.3, 0.4) is 0 Å². The summed E-state index contributed by atoms with van der Waals surface area (Å²) in [6.45, 7) is 6.66. The number of rotatable bonds is 5. The van der Waals surface area contributed by atoms with Gasteiger partial charge in [-0.1, -0.05) is 20.3 Å². The first-order valence-corrected chi connectivity index (χ1v) is 7.04. The number of aliphatic hydroxyl groups excluding tert-OH is 1. The Kier molecular flexibility index (Phi) is 4.13. The Hall–Kier alpha value is -0.800. The molecule has 1 aliphatic rings. The van der Waals surface area contributed by atoms with E-state index in [1.54, 1.807) is 0 Å². The van der Waals surface area contributed by atoms with Crippen molar-refractivity contribution in [1.82, 2.24) is 5.32 Å². The smallest absolute Gasteiger partial charge is 0.120 e. The van der Waals surface area contributed by atoms with Gasteiger partial charge in [-0.25, -0.2) is 0 Å². The summed E-state index contributed by atoms with van der Waals surface area (Å²) in [7, 11) is 0. The Morgan fingerprint density at radius 3 is 2.94 bits per heavy atom. The van der Waals surface area contributed by atoms with Crippen LogP contribution in [0.5, 0.6) is 0 Å². The molecule has 1 heterocycles. The van der Waals surface area contributed by atoms with E-state index >= 15 is 0 Å². The summed E-state index contributed by atoms with van der Waals surface area (Å²) in [6.07, 6.45) is 4.37. The van der Waals surface area contributed by atoms with Crippen LogP contribution in [0.15, 0.2) is 16.5 Å². The van der Waals surface area contributed by atoms with Gasteiger partial charge in [0.05, 0.1) is 6.04 Å². The van der Waals surface area contributed by atoms with Gasteiger partial charge >= 0.3 is 0 Å².